The molecule has 1 aromatic carbocycles. The Morgan fingerprint density at radius 3 is 2.85 bits per heavy atom. The highest BCUT2D eigenvalue weighted by molar-refractivity contribution is 8.01. The Morgan fingerprint density at radius 1 is 1.45 bits per heavy atom. The zero-order valence-corrected chi connectivity index (χ0v) is 13.5. The number of ether oxygens (including phenoxy) is 1. The summed E-state index contributed by atoms with van der Waals surface area (Å²) in [6.07, 6.45) is 3.26. The molecule has 0 saturated carbocycles. The van der Waals surface area contributed by atoms with Gasteiger partial charge in [-0.05, 0) is 36.1 Å². The van der Waals surface area contributed by atoms with Crippen molar-refractivity contribution in [2.45, 2.75) is 24.1 Å². The lowest BCUT2D eigenvalue weighted by Crippen LogP contribution is -2.30. The fraction of sp³-hybridized carbons (Fsp3) is 0.571. The van der Waals surface area contributed by atoms with Gasteiger partial charge in [-0.15, -0.1) is 0 Å². The van der Waals surface area contributed by atoms with Gasteiger partial charge in [-0.1, -0.05) is 6.07 Å². The van der Waals surface area contributed by atoms with Crippen LogP contribution in [0.1, 0.15) is 23.6 Å². The molecule has 0 aromatic heterocycles. The summed E-state index contributed by atoms with van der Waals surface area (Å²) in [4.78, 5) is 0. The smallest absolute Gasteiger partial charge is 0.148 e. The van der Waals surface area contributed by atoms with Gasteiger partial charge in [-0.3, -0.25) is 0 Å². The van der Waals surface area contributed by atoms with E-state index in [0.717, 1.165) is 24.2 Å². The van der Waals surface area contributed by atoms with Gasteiger partial charge in [-0.2, -0.15) is 11.8 Å². The number of nitrogens with two attached hydrogens (primary N) is 1. The third kappa shape index (κ3) is 3.90. The van der Waals surface area contributed by atoms with Crippen LogP contribution in [0.15, 0.2) is 18.2 Å². The first-order chi connectivity index (χ1) is 9.40. The minimum atomic E-state index is -2.90. The number of methoxy groups -OCH3 is 1. The maximum absolute atomic E-state index is 11.2. The van der Waals surface area contributed by atoms with E-state index < -0.39 is 9.84 Å². The highest BCUT2D eigenvalue weighted by Gasteiger charge is 2.27. The summed E-state index contributed by atoms with van der Waals surface area (Å²) in [6, 6.07) is 5.98. The summed E-state index contributed by atoms with van der Waals surface area (Å²) in [5.74, 6) is 1.64. The quantitative estimate of drug-likeness (QED) is 0.897. The molecule has 4 nitrogen and oxygen atoms in total. The van der Waals surface area contributed by atoms with Crippen LogP contribution >= 0.6 is 11.8 Å². The molecule has 1 aliphatic carbocycles. The zero-order valence-electron chi connectivity index (χ0n) is 11.8. The minimum absolute atomic E-state index is 0.0570. The molecule has 0 aliphatic heterocycles. The predicted molar refractivity (Wildman–Crippen MR) is 84.2 cm³/mol. The van der Waals surface area contributed by atoms with Crippen molar-refractivity contribution in [1.29, 1.82) is 0 Å². The van der Waals surface area contributed by atoms with Crippen LogP contribution in [-0.2, 0) is 16.3 Å². The van der Waals surface area contributed by atoms with Gasteiger partial charge in [0, 0.05) is 23.3 Å². The second kappa shape index (κ2) is 6.37. The normalized spacial score (nSPS) is 22.4. The van der Waals surface area contributed by atoms with Crippen LogP contribution in [0, 0.1) is 0 Å². The van der Waals surface area contributed by atoms with Gasteiger partial charge in [0.05, 0.1) is 12.9 Å². The fourth-order valence-corrected chi connectivity index (χ4v) is 4.99. The maximum atomic E-state index is 11.2. The molecule has 20 heavy (non-hydrogen) atoms. The number of fused-ring (bicyclic) bond motifs is 1. The predicted octanol–water partition coefficient (Wildman–Crippen LogP) is 1.79. The molecule has 0 amide bonds. The van der Waals surface area contributed by atoms with E-state index in [4.69, 9.17) is 10.5 Å². The summed E-state index contributed by atoms with van der Waals surface area (Å²) in [6.45, 7) is 0. The molecule has 6 heteroatoms. The molecule has 0 heterocycles. The number of hydrogen-bond donors (Lipinski definition) is 1. The Bertz CT molecular complexity index is 572. The van der Waals surface area contributed by atoms with E-state index in [0.29, 0.717) is 5.75 Å². The first-order valence-corrected chi connectivity index (χ1v) is 9.73. The first kappa shape index (κ1) is 15.7. The van der Waals surface area contributed by atoms with Crippen LogP contribution in [-0.4, -0.2) is 38.5 Å². The number of benzene rings is 1. The molecule has 0 saturated heterocycles. The van der Waals surface area contributed by atoms with Gasteiger partial charge in [0.1, 0.15) is 15.6 Å². The zero-order chi connectivity index (χ0) is 14.8. The molecule has 1 aliphatic rings. The molecule has 0 radical (unpaired) electrons. The van der Waals surface area contributed by atoms with Gasteiger partial charge >= 0.3 is 0 Å². The van der Waals surface area contributed by atoms with Crippen molar-refractivity contribution in [3.63, 3.8) is 0 Å². The number of hydrogen-bond acceptors (Lipinski definition) is 5. The molecule has 0 fully saturated rings. The largest absolute Gasteiger partial charge is 0.497 e. The lowest BCUT2D eigenvalue weighted by Gasteiger charge is -2.31. The Hall–Kier alpha value is -0.720. The van der Waals surface area contributed by atoms with Gasteiger partial charge in [-0.25, -0.2) is 8.42 Å². The molecule has 2 rings (SSSR count). The molecule has 2 atom stereocenters. The van der Waals surface area contributed by atoms with E-state index in [2.05, 4.69) is 6.07 Å². The Labute approximate surface area is 125 Å². The van der Waals surface area contributed by atoms with Crippen molar-refractivity contribution in [2.24, 2.45) is 5.73 Å². The van der Waals surface area contributed by atoms with E-state index in [9.17, 15) is 8.42 Å². The van der Waals surface area contributed by atoms with Gasteiger partial charge in [0.15, 0.2) is 0 Å². The summed E-state index contributed by atoms with van der Waals surface area (Å²) < 4.78 is 27.6. The average Bonchev–Trinajstić information content (AvgIpc) is 2.40. The number of sulfone groups is 1. The van der Waals surface area contributed by atoms with Crippen molar-refractivity contribution < 1.29 is 13.2 Å². The maximum Gasteiger partial charge on any atom is 0.148 e. The van der Waals surface area contributed by atoms with Crippen LogP contribution in [0.2, 0.25) is 0 Å². The lowest BCUT2D eigenvalue weighted by atomic mass is 9.87. The van der Waals surface area contributed by atoms with Crippen molar-refractivity contribution in [3.05, 3.63) is 29.3 Å². The van der Waals surface area contributed by atoms with E-state index in [1.54, 1.807) is 18.9 Å². The van der Waals surface area contributed by atoms with Crippen LogP contribution in [0.3, 0.4) is 0 Å². The minimum Gasteiger partial charge on any atom is -0.497 e. The standard InChI is InChI=1S/C14H21NO3S2/c1-18-11-5-3-10-4-6-13(14(15)12(10)9-11)19-7-8-20(2,16)17/h3,5,9,13-14H,4,6-8,15H2,1-2H3. The molecule has 1 aromatic rings. The average molecular weight is 315 g/mol. The monoisotopic (exact) mass is 315 g/mol. The van der Waals surface area contributed by atoms with Gasteiger partial charge in [0.2, 0.25) is 0 Å². The molecule has 112 valence electrons. The summed E-state index contributed by atoms with van der Waals surface area (Å²) in [5.41, 5.74) is 8.75. The summed E-state index contributed by atoms with van der Waals surface area (Å²) in [7, 11) is -1.25. The molecule has 2 unspecified atom stereocenters. The number of aryl methyl sites for hydroxylation is 1. The van der Waals surface area contributed by atoms with E-state index >= 15 is 0 Å². The van der Waals surface area contributed by atoms with Crippen molar-refractivity contribution in [2.75, 3.05) is 24.9 Å². The SMILES string of the molecule is COc1ccc2c(c1)C(N)C(SCCS(C)(=O)=O)CC2. The second-order valence-electron chi connectivity index (χ2n) is 5.17. The van der Waals surface area contributed by atoms with Gasteiger partial charge in [0.25, 0.3) is 0 Å². The Kier molecular flexibility index (Phi) is 4.99. The fourth-order valence-electron chi connectivity index (χ4n) is 2.45. The highest BCUT2D eigenvalue weighted by atomic mass is 32.2. The molecule has 0 bridgehead atoms. The third-order valence-electron chi connectivity index (χ3n) is 3.60. The van der Waals surface area contributed by atoms with Crippen LogP contribution in [0.25, 0.3) is 0 Å². The Balaban J connectivity index is 2.04. The summed E-state index contributed by atoms with van der Waals surface area (Å²) >= 11 is 1.66. The van der Waals surface area contributed by atoms with Crippen molar-refractivity contribution in [3.8, 4) is 5.75 Å². The number of thioether (sulfide) groups is 1. The molecule has 0 spiro atoms. The van der Waals surface area contributed by atoms with Crippen LogP contribution in [0.4, 0.5) is 0 Å². The topological polar surface area (TPSA) is 69.4 Å². The first-order valence-electron chi connectivity index (χ1n) is 6.62. The Morgan fingerprint density at radius 2 is 2.20 bits per heavy atom. The highest BCUT2D eigenvalue weighted by Crippen LogP contribution is 2.37. The van der Waals surface area contributed by atoms with Crippen LogP contribution < -0.4 is 10.5 Å². The third-order valence-corrected chi connectivity index (χ3v) is 6.20. The van der Waals surface area contributed by atoms with Crippen molar-refractivity contribution in [1.82, 2.24) is 0 Å². The molecular formula is C14H21NO3S2. The molecule has 2 N–H and O–H groups in total. The molecular weight excluding hydrogens is 294 g/mol. The lowest BCUT2D eigenvalue weighted by molar-refractivity contribution is 0.412. The van der Waals surface area contributed by atoms with E-state index in [-0.39, 0.29) is 17.0 Å². The van der Waals surface area contributed by atoms with Gasteiger partial charge < -0.3 is 10.5 Å². The number of rotatable bonds is 5. The van der Waals surface area contributed by atoms with E-state index in [1.165, 1.54) is 11.8 Å². The second-order valence-corrected chi connectivity index (χ2v) is 8.78. The summed E-state index contributed by atoms with van der Waals surface area (Å²) in [5, 5.41) is 0.274. The van der Waals surface area contributed by atoms with E-state index in [1.807, 2.05) is 12.1 Å². The van der Waals surface area contributed by atoms with Crippen LogP contribution in [0.5, 0.6) is 5.75 Å². The van der Waals surface area contributed by atoms with Crippen molar-refractivity contribution >= 4 is 21.6 Å².